The van der Waals surface area contributed by atoms with Crippen LogP contribution >= 0.6 is 0 Å². The van der Waals surface area contributed by atoms with Gasteiger partial charge in [0, 0.05) is 44.1 Å². The monoisotopic (exact) mass is 404 g/mol. The van der Waals surface area contributed by atoms with Gasteiger partial charge in [0.05, 0.1) is 27.8 Å². The van der Waals surface area contributed by atoms with E-state index in [1.54, 1.807) is 6.20 Å². The molecule has 0 bridgehead atoms. The number of nitrogens with one attached hydrogen (secondary N) is 1. The predicted octanol–water partition coefficient (Wildman–Crippen LogP) is 3.10. The number of carbonyl (C=O) groups is 1. The summed E-state index contributed by atoms with van der Waals surface area (Å²) in [5.74, 6) is 0.790. The molecule has 0 aliphatic carbocycles. The summed E-state index contributed by atoms with van der Waals surface area (Å²) in [6.45, 7) is 7.25. The molecule has 7 heteroatoms. The van der Waals surface area contributed by atoms with Crippen LogP contribution in [0.15, 0.2) is 30.6 Å². The first-order chi connectivity index (χ1) is 14.4. The average Bonchev–Trinajstić information content (AvgIpc) is 3.46. The minimum Gasteiger partial charge on any atom is -0.368 e. The molecule has 3 N–H and O–H groups in total. The fraction of sp³-hybridized carbons (Fsp3) is 0.435. The Morgan fingerprint density at radius 2 is 2.00 bits per heavy atom. The van der Waals surface area contributed by atoms with E-state index in [4.69, 9.17) is 10.7 Å². The number of hydrogen-bond donors (Lipinski definition) is 2. The number of nitrogens with two attached hydrogens (primary N) is 1. The van der Waals surface area contributed by atoms with Gasteiger partial charge in [0.2, 0.25) is 0 Å². The van der Waals surface area contributed by atoms with Crippen LogP contribution in [0.5, 0.6) is 0 Å². The summed E-state index contributed by atoms with van der Waals surface area (Å²) in [6.07, 6.45) is 6.52. The Morgan fingerprint density at radius 1 is 1.20 bits per heavy atom. The number of rotatable bonds is 3. The number of hydrogen-bond acceptors (Lipinski definition) is 5. The second-order valence-electron chi connectivity index (χ2n) is 8.96. The summed E-state index contributed by atoms with van der Waals surface area (Å²) >= 11 is 0. The molecule has 2 aliphatic rings. The molecular formula is C23H28N6O. The van der Waals surface area contributed by atoms with Crippen LogP contribution in [-0.4, -0.2) is 57.5 Å². The molecular weight excluding hydrogens is 376 g/mol. The van der Waals surface area contributed by atoms with E-state index in [9.17, 15) is 4.79 Å². The number of aromatic amines is 1. The van der Waals surface area contributed by atoms with Crippen molar-refractivity contribution in [2.75, 3.05) is 31.1 Å². The Kier molecular flexibility index (Phi) is 4.50. The lowest BCUT2D eigenvalue weighted by Crippen LogP contribution is -2.40. The molecule has 2 fully saturated rings. The summed E-state index contributed by atoms with van der Waals surface area (Å²) in [6, 6.07) is 6.10. The van der Waals surface area contributed by atoms with Crippen LogP contribution in [-0.2, 0) is 0 Å². The molecule has 0 radical (unpaired) electrons. The maximum Gasteiger partial charge on any atom is 0.257 e. The topological polar surface area (TPSA) is 91.1 Å². The van der Waals surface area contributed by atoms with Crippen molar-refractivity contribution in [2.24, 2.45) is 5.73 Å². The zero-order valence-corrected chi connectivity index (χ0v) is 17.6. The number of para-hydroxylation sites is 1. The fourth-order valence-electron chi connectivity index (χ4n) is 4.69. The molecule has 7 nitrogen and oxygen atoms in total. The number of fused-ring (bicyclic) bond motifs is 1. The van der Waals surface area contributed by atoms with Crippen molar-refractivity contribution < 1.29 is 4.79 Å². The van der Waals surface area contributed by atoms with E-state index in [1.165, 1.54) is 0 Å². The molecule has 30 heavy (non-hydrogen) atoms. The second-order valence-corrected chi connectivity index (χ2v) is 8.96. The SMILES string of the molecule is Cc1cccc2[nH]c(-c3cncc(C(=O)N4CCCC4)c3N3CC[C@](C)(N)C3)nc12. The molecule has 156 valence electrons. The molecule has 3 aromatic rings. The van der Waals surface area contributed by atoms with E-state index in [2.05, 4.69) is 34.8 Å². The molecule has 1 atom stereocenters. The molecule has 0 saturated carbocycles. The van der Waals surface area contributed by atoms with Gasteiger partial charge in [-0.3, -0.25) is 9.78 Å². The van der Waals surface area contributed by atoms with Crippen molar-refractivity contribution in [3.63, 3.8) is 0 Å². The summed E-state index contributed by atoms with van der Waals surface area (Å²) in [5, 5.41) is 0. The van der Waals surface area contributed by atoms with Crippen LogP contribution in [0.1, 0.15) is 42.1 Å². The highest BCUT2D eigenvalue weighted by molar-refractivity contribution is 6.03. The molecule has 0 unspecified atom stereocenters. The van der Waals surface area contributed by atoms with Crippen molar-refractivity contribution in [1.29, 1.82) is 0 Å². The van der Waals surface area contributed by atoms with Crippen LogP contribution in [0.25, 0.3) is 22.4 Å². The van der Waals surface area contributed by atoms with Crippen molar-refractivity contribution in [2.45, 2.75) is 38.6 Å². The first-order valence-corrected chi connectivity index (χ1v) is 10.7. The van der Waals surface area contributed by atoms with Crippen LogP contribution in [0.3, 0.4) is 0 Å². The number of anilines is 1. The maximum absolute atomic E-state index is 13.4. The summed E-state index contributed by atoms with van der Waals surface area (Å²) in [7, 11) is 0. The van der Waals surface area contributed by atoms with Gasteiger partial charge in [-0.15, -0.1) is 0 Å². The average molecular weight is 405 g/mol. The smallest absolute Gasteiger partial charge is 0.257 e. The largest absolute Gasteiger partial charge is 0.368 e. The first-order valence-electron chi connectivity index (χ1n) is 10.7. The number of pyridine rings is 1. The third-order valence-electron chi connectivity index (χ3n) is 6.33. The number of aryl methyl sites for hydroxylation is 1. The van der Waals surface area contributed by atoms with Gasteiger partial charge < -0.3 is 20.5 Å². The highest BCUT2D eigenvalue weighted by atomic mass is 16.2. The van der Waals surface area contributed by atoms with Gasteiger partial charge in [-0.05, 0) is 44.7 Å². The van der Waals surface area contributed by atoms with Crippen LogP contribution < -0.4 is 10.6 Å². The Hall–Kier alpha value is -2.93. The van der Waals surface area contributed by atoms with Crippen LogP contribution in [0.4, 0.5) is 5.69 Å². The Bertz CT molecular complexity index is 1110. The standard InChI is InChI=1S/C23H28N6O/c1-15-6-5-7-18-19(15)27-21(26-18)16-12-25-13-17(22(30)28-9-3-4-10-28)20(16)29-11-8-23(2,24)14-29/h5-7,12-13H,3-4,8-11,14,24H2,1-2H3,(H,26,27)/t23-/m0/s1. The van der Waals surface area contributed by atoms with Gasteiger partial charge in [0.25, 0.3) is 5.91 Å². The van der Waals surface area contributed by atoms with E-state index in [0.717, 1.165) is 72.6 Å². The van der Waals surface area contributed by atoms with Crippen molar-refractivity contribution in [1.82, 2.24) is 19.9 Å². The van der Waals surface area contributed by atoms with Gasteiger partial charge in [-0.2, -0.15) is 0 Å². The quantitative estimate of drug-likeness (QED) is 0.700. The van der Waals surface area contributed by atoms with Gasteiger partial charge >= 0.3 is 0 Å². The number of H-pyrrole nitrogens is 1. The summed E-state index contributed by atoms with van der Waals surface area (Å²) in [4.78, 5) is 30.3. The van der Waals surface area contributed by atoms with Gasteiger partial charge in [-0.25, -0.2) is 4.98 Å². The second kappa shape index (κ2) is 7.09. The summed E-state index contributed by atoms with van der Waals surface area (Å²) < 4.78 is 0. The van der Waals surface area contributed by atoms with Crippen molar-refractivity contribution in [3.8, 4) is 11.4 Å². The minimum absolute atomic E-state index is 0.0507. The molecule has 4 heterocycles. The Labute approximate surface area is 176 Å². The number of benzene rings is 1. The molecule has 2 aromatic heterocycles. The molecule has 2 saturated heterocycles. The zero-order chi connectivity index (χ0) is 20.9. The number of amides is 1. The molecule has 1 aromatic carbocycles. The van der Waals surface area contributed by atoms with E-state index >= 15 is 0 Å². The van der Waals surface area contributed by atoms with E-state index < -0.39 is 0 Å². The Morgan fingerprint density at radius 3 is 2.70 bits per heavy atom. The maximum atomic E-state index is 13.4. The molecule has 2 aliphatic heterocycles. The first kappa shape index (κ1) is 19.1. The van der Waals surface area contributed by atoms with E-state index in [-0.39, 0.29) is 11.4 Å². The van der Waals surface area contributed by atoms with Crippen molar-refractivity contribution >= 4 is 22.6 Å². The number of imidazole rings is 1. The number of likely N-dealkylation sites (tertiary alicyclic amines) is 1. The number of nitrogens with zero attached hydrogens (tertiary/aromatic N) is 4. The third kappa shape index (κ3) is 3.23. The highest BCUT2D eigenvalue weighted by Gasteiger charge is 2.35. The van der Waals surface area contributed by atoms with Crippen LogP contribution in [0.2, 0.25) is 0 Å². The molecule has 1 amide bonds. The van der Waals surface area contributed by atoms with Gasteiger partial charge in [-0.1, -0.05) is 12.1 Å². The van der Waals surface area contributed by atoms with E-state index in [0.29, 0.717) is 12.1 Å². The van der Waals surface area contributed by atoms with Crippen LogP contribution in [0, 0.1) is 6.92 Å². The lowest BCUT2D eigenvalue weighted by atomic mass is 10.0. The van der Waals surface area contributed by atoms with Gasteiger partial charge in [0.1, 0.15) is 5.82 Å². The normalized spacial score (nSPS) is 21.7. The third-order valence-corrected chi connectivity index (χ3v) is 6.33. The highest BCUT2D eigenvalue weighted by Crippen LogP contribution is 2.37. The lowest BCUT2D eigenvalue weighted by Gasteiger charge is -2.27. The Balaban J connectivity index is 1.67. The predicted molar refractivity (Wildman–Crippen MR) is 119 cm³/mol. The lowest BCUT2D eigenvalue weighted by molar-refractivity contribution is 0.0793. The molecule has 5 rings (SSSR count). The number of carbonyl (C=O) groups excluding carboxylic acids is 1. The zero-order valence-electron chi connectivity index (χ0n) is 17.6. The number of aromatic nitrogens is 3. The fourth-order valence-corrected chi connectivity index (χ4v) is 4.69. The van der Waals surface area contributed by atoms with Gasteiger partial charge in [0.15, 0.2) is 0 Å². The minimum atomic E-state index is -0.279. The summed E-state index contributed by atoms with van der Waals surface area (Å²) in [5.41, 5.74) is 11.6. The molecule has 0 spiro atoms. The van der Waals surface area contributed by atoms with E-state index in [1.807, 2.05) is 23.2 Å². The van der Waals surface area contributed by atoms with Crippen molar-refractivity contribution in [3.05, 3.63) is 41.7 Å².